The third kappa shape index (κ3) is 4.37. The van der Waals surface area contributed by atoms with Crippen molar-refractivity contribution in [2.45, 2.75) is 13.5 Å². The van der Waals surface area contributed by atoms with Crippen molar-refractivity contribution in [1.29, 1.82) is 0 Å². The molecule has 1 saturated heterocycles. The second-order valence-electron chi connectivity index (χ2n) is 5.99. The zero-order valence-corrected chi connectivity index (χ0v) is 13.9. The van der Waals surface area contributed by atoms with E-state index < -0.39 is 0 Å². The number of rotatable bonds is 6. The van der Waals surface area contributed by atoms with E-state index in [4.69, 9.17) is 9.26 Å². The van der Waals surface area contributed by atoms with Gasteiger partial charge in [-0.05, 0) is 19.1 Å². The summed E-state index contributed by atoms with van der Waals surface area (Å²) >= 11 is 0. The van der Waals surface area contributed by atoms with Crippen LogP contribution in [0.1, 0.15) is 11.4 Å². The first kappa shape index (κ1) is 16.1. The fourth-order valence-electron chi connectivity index (χ4n) is 2.72. The van der Waals surface area contributed by atoms with Gasteiger partial charge in [0.1, 0.15) is 0 Å². The molecule has 0 amide bonds. The van der Waals surface area contributed by atoms with Crippen molar-refractivity contribution < 1.29 is 9.26 Å². The smallest absolute Gasteiger partial charge is 0.257 e. The number of methoxy groups -OCH3 is 1. The van der Waals surface area contributed by atoms with Crippen LogP contribution in [0, 0.1) is 6.92 Å². The van der Waals surface area contributed by atoms with Crippen molar-refractivity contribution in [3.05, 3.63) is 35.7 Å². The van der Waals surface area contributed by atoms with Gasteiger partial charge in [0.15, 0.2) is 5.82 Å². The lowest BCUT2D eigenvalue weighted by Crippen LogP contribution is -2.46. The number of nitrogens with zero attached hydrogens (tertiary/aromatic N) is 4. The second-order valence-corrected chi connectivity index (χ2v) is 5.99. The normalized spacial score (nSPS) is 16.8. The molecule has 0 aliphatic carbocycles. The van der Waals surface area contributed by atoms with Gasteiger partial charge in [0.25, 0.3) is 5.89 Å². The van der Waals surface area contributed by atoms with Crippen molar-refractivity contribution in [2.75, 3.05) is 46.4 Å². The summed E-state index contributed by atoms with van der Waals surface area (Å²) in [6.45, 7) is 8.78. The molecule has 2 aromatic rings. The number of benzene rings is 1. The third-order valence-electron chi connectivity index (χ3n) is 4.21. The summed E-state index contributed by atoms with van der Waals surface area (Å²) in [5, 5.41) is 4.12. The number of aromatic nitrogens is 2. The monoisotopic (exact) mass is 316 g/mol. The summed E-state index contributed by atoms with van der Waals surface area (Å²) in [6.07, 6.45) is 0. The van der Waals surface area contributed by atoms with Crippen molar-refractivity contribution in [2.24, 2.45) is 0 Å². The molecular weight excluding hydrogens is 292 g/mol. The molecule has 6 nitrogen and oxygen atoms in total. The highest BCUT2D eigenvalue weighted by Crippen LogP contribution is 2.18. The topological polar surface area (TPSA) is 54.6 Å². The molecule has 1 aromatic heterocycles. The minimum atomic E-state index is 0.596. The van der Waals surface area contributed by atoms with E-state index in [2.05, 4.69) is 39.0 Å². The van der Waals surface area contributed by atoms with Crippen molar-refractivity contribution in [1.82, 2.24) is 19.9 Å². The van der Waals surface area contributed by atoms with E-state index in [0.29, 0.717) is 5.89 Å². The summed E-state index contributed by atoms with van der Waals surface area (Å²) < 4.78 is 10.5. The summed E-state index contributed by atoms with van der Waals surface area (Å²) in [5.41, 5.74) is 2.19. The molecule has 0 radical (unpaired) electrons. The molecule has 1 aliphatic heterocycles. The van der Waals surface area contributed by atoms with Crippen LogP contribution in [0.3, 0.4) is 0 Å². The Bertz CT molecular complexity index is 603. The van der Waals surface area contributed by atoms with E-state index >= 15 is 0 Å². The van der Waals surface area contributed by atoms with E-state index in [9.17, 15) is 0 Å². The van der Waals surface area contributed by atoms with Crippen molar-refractivity contribution in [3.8, 4) is 11.5 Å². The quantitative estimate of drug-likeness (QED) is 0.810. The van der Waals surface area contributed by atoms with Gasteiger partial charge in [-0.2, -0.15) is 4.98 Å². The molecule has 0 bridgehead atoms. The molecule has 6 heteroatoms. The van der Waals surface area contributed by atoms with Crippen LogP contribution in [-0.4, -0.2) is 66.4 Å². The van der Waals surface area contributed by atoms with Crippen LogP contribution in [0.4, 0.5) is 0 Å². The first-order chi connectivity index (χ1) is 11.2. The summed E-state index contributed by atoms with van der Waals surface area (Å²) in [7, 11) is 1.75. The van der Waals surface area contributed by atoms with Crippen LogP contribution in [-0.2, 0) is 11.3 Å². The van der Waals surface area contributed by atoms with Crippen LogP contribution in [0.25, 0.3) is 11.5 Å². The van der Waals surface area contributed by atoms with Crippen LogP contribution < -0.4 is 0 Å². The lowest BCUT2D eigenvalue weighted by Gasteiger charge is -2.33. The fraction of sp³-hybridized carbons (Fsp3) is 0.529. The Hall–Kier alpha value is -1.76. The molecule has 1 aromatic carbocycles. The van der Waals surface area contributed by atoms with Gasteiger partial charge >= 0.3 is 0 Å². The number of hydrogen-bond donors (Lipinski definition) is 0. The number of piperazine rings is 1. The predicted octanol–water partition coefficient (Wildman–Crippen LogP) is 1.81. The molecule has 124 valence electrons. The molecule has 0 unspecified atom stereocenters. The molecule has 23 heavy (non-hydrogen) atoms. The summed E-state index contributed by atoms with van der Waals surface area (Å²) in [5.74, 6) is 1.35. The maximum absolute atomic E-state index is 5.39. The lowest BCUT2D eigenvalue weighted by molar-refractivity contribution is 0.0922. The third-order valence-corrected chi connectivity index (χ3v) is 4.21. The highest BCUT2D eigenvalue weighted by molar-refractivity contribution is 5.53. The lowest BCUT2D eigenvalue weighted by atomic mass is 10.1. The average molecular weight is 316 g/mol. The Morgan fingerprint density at radius 1 is 1.09 bits per heavy atom. The highest BCUT2D eigenvalue weighted by Gasteiger charge is 2.18. The Morgan fingerprint density at radius 3 is 2.48 bits per heavy atom. The van der Waals surface area contributed by atoms with E-state index in [-0.39, 0.29) is 0 Å². The highest BCUT2D eigenvalue weighted by atomic mass is 16.5. The van der Waals surface area contributed by atoms with Crippen molar-refractivity contribution in [3.63, 3.8) is 0 Å². The summed E-state index contributed by atoms with van der Waals surface area (Å²) in [4.78, 5) is 9.31. The minimum absolute atomic E-state index is 0.596. The first-order valence-corrected chi connectivity index (χ1v) is 8.08. The fourth-order valence-corrected chi connectivity index (χ4v) is 2.72. The molecule has 1 fully saturated rings. The van der Waals surface area contributed by atoms with Gasteiger partial charge in [0.05, 0.1) is 13.2 Å². The van der Waals surface area contributed by atoms with E-state index in [1.54, 1.807) is 7.11 Å². The van der Waals surface area contributed by atoms with Gasteiger partial charge < -0.3 is 9.26 Å². The zero-order valence-electron chi connectivity index (χ0n) is 13.9. The average Bonchev–Trinajstić information content (AvgIpc) is 3.03. The first-order valence-electron chi connectivity index (χ1n) is 8.08. The van der Waals surface area contributed by atoms with Gasteiger partial charge in [-0.25, -0.2) is 0 Å². The number of aryl methyl sites for hydroxylation is 1. The summed E-state index contributed by atoms with van der Waals surface area (Å²) in [6, 6.07) is 8.14. The molecule has 1 aliphatic rings. The largest absolute Gasteiger partial charge is 0.383 e. The molecule has 0 spiro atoms. The molecule has 3 rings (SSSR count). The molecule has 0 saturated carbocycles. The van der Waals surface area contributed by atoms with Crippen LogP contribution in [0.15, 0.2) is 28.8 Å². The van der Waals surface area contributed by atoms with Crippen molar-refractivity contribution >= 4 is 0 Å². The Morgan fingerprint density at radius 2 is 1.78 bits per heavy atom. The maximum Gasteiger partial charge on any atom is 0.257 e. The van der Waals surface area contributed by atoms with Gasteiger partial charge in [0.2, 0.25) is 0 Å². The number of hydrogen-bond acceptors (Lipinski definition) is 6. The number of ether oxygens (including phenoxy) is 1. The standard InChI is InChI=1S/C17H24N4O2/c1-14-3-5-15(6-4-14)17-18-16(19-23-17)13-21-9-7-20(8-10-21)11-12-22-2/h3-6H,7-13H2,1-2H3. The van der Waals surface area contributed by atoms with Crippen LogP contribution in [0.5, 0.6) is 0 Å². The molecule has 2 heterocycles. The van der Waals surface area contributed by atoms with Gasteiger partial charge in [-0.3, -0.25) is 9.80 Å². The maximum atomic E-state index is 5.39. The Balaban J connectivity index is 1.53. The van der Waals surface area contributed by atoms with Gasteiger partial charge in [-0.1, -0.05) is 22.9 Å². The second kappa shape index (κ2) is 7.68. The van der Waals surface area contributed by atoms with Gasteiger partial charge in [-0.15, -0.1) is 0 Å². The Labute approximate surface area is 137 Å². The van der Waals surface area contributed by atoms with Gasteiger partial charge in [0, 0.05) is 45.4 Å². The molecule has 0 atom stereocenters. The SMILES string of the molecule is COCCN1CCN(Cc2noc(-c3ccc(C)cc3)n2)CC1. The zero-order chi connectivity index (χ0) is 16.1. The molecular formula is C17H24N4O2. The minimum Gasteiger partial charge on any atom is -0.383 e. The van der Waals surface area contributed by atoms with E-state index in [1.165, 1.54) is 5.56 Å². The van der Waals surface area contributed by atoms with Crippen LogP contribution >= 0.6 is 0 Å². The van der Waals surface area contributed by atoms with E-state index in [0.717, 1.165) is 57.3 Å². The van der Waals surface area contributed by atoms with Crippen LogP contribution in [0.2, 0.25) is 0 Å². The Kier molecular flexibility index (Phi) is 5.38. The predicted molar refractivity (Wildman–Crippen MR) is 88.1 cm³/mol. The van der Waals surface area contributed by atoms with E-state index in [1.807, 2.05) is 12.1 Å². The molecule has 0 N–H and O–H groups in total.